The Labute approximate surface area is 105 Å². The van der Waals surface area contributed by atoms with Crippen LogP contribution in [-0.2, 0) is 0 Å². The van der Waals surface area contributed by atoms with Gasteiger partial charge in [-0.15, -0.1) is 0 Å². The molecule has 0 unspecified atom stereocenters. The number of halogens is 1. The zero-order valence-corrected chi connectivity index (χ0v) is 10.2. The standard InChI is InChI=1S/C13H14ClN3/c14-13-10-7-9(17-5-1-2-6-17)3-4-12(10)16-8-11(13)15/h3-4,7-8H,1-2,5-6,15H2. The smallest absolute Gasteiger partial charge is 0.0746 e. The van der Waals surface area contributed by atoms with E-state index in [1.807, 2.05) is 6.07 Å². The quantitative estimate of drug-likeness (QED) is 0.842. The van der Waals surface area contributed by atoms with E-state index < -0.39 is 0 Å². The third kappa shape index (κ3) is 1.80. The van der Waals surface area contributed by atoms with Crippen molar-refractivity contribution >= 4 is 33.9 Å². The summed E-state index contributed by atoms with van der Waals surface area (Å²) in [6, 6.07) is 6.20. The Morgan fingerprint density at radius 3 is 2.76 bits per heavy atom. The van der Waals surface area contributed by atoms with Crippen LogP contribution in [0.25, 0.3) is 10.9 Å². The van der Waals surface area contributed by atoms with Crippen molar-refractivity contribution in [2.75, 3.05) is 23.7 Å². The molecule has 0 saturated carbocycles. The van der Waals surface area contributed by atoms with Gasteiger partial charge in [0.1, 0.15) is 0 Å². The van der Waals surface area contributed by atoms with E-state index in [9.17, 15) is 0 Å². The van der Waals surface area contributed by atoms with Crippen molar-refractivity contribution in [3.8, 4) is 0 Å². The minimum Gasteiger partial charge on any atom is -0.396 e. The van der Waals surface area contributed by atoms with Gasteiger partial charge in [0.15, 0.2) is 0 Å². The van der Waals surface area contributed by atoms with E-state index in [-0.39, 0.29) is 0 Å². The van der Waals surface area contributed by atoms with Gasteiger partial charge in [-0.1, -0.05) is 11.6 Å². The van der Waals surface area contributed by atoms with E-state index in [1.165, 1.54) is 18.5 Å². The summed E-state index contributed by atoms with van der Waals surface area (Å²) in [6.45, 7) is 2.25. The lowest BCUT2D eigenvalue weighted by Gasteiger charge is -2.18. The van der Waals surface area contributed by atoms with Crippen molar-refractivity contribution in [3.63, 3.8) is 0 Å². The highest BCUT2D eigenvalue weighted by atomic mass is 35.5. The highest BCUT2D eigenvalue weighted by molar-refractivity contribution is 6.37. The van der Waals surface area contributed by atoms with Crippen molar-refractivity contribution in [1.82, 2.24) is 4.98 Å². The molecule has 1 aromatic carbocycles. The molecule has 88 valence electrons. The molecule has 3 rings (SSSR count). The van der Waals surface area contributed by atoms with Crippen LogP contribution in [0.2, 0.25) is 5.02 Å². The van der Waals surface area contributed by atoms with E-state index in [4.69, 9.17) is 17.3 Å². The molecule has 0 radical (unpaired) electrons. The van der Waals surface area contributed by atoms with Gasteiger partial charge in [-0.3, -0.25) is 4.98 Å². The van der Waals surface area contributed by atoms with E-state index in [2.05, 4.69) is 22.0 Å². The summed E-state index contributed by atoms with van der Waals surface area (Å²) in [4.78, 5) is 6.66. The number of aromatic nitrogens is 1. The highest BCUT2D eigenvalue weighted by Crippen LogP contribution is 2.31. The number of fused-ring (bicyclic) bond motifs is 1. The Hall–Kier alpha value is -1.48. The Balaban J connectivity index is 2.13. The average Bonchev–Trinajstić information content (AvgIpc) is 2.87. The number of nitrogen functional groups attached to an aromatic ring is 1. The number of nitrogens with zero attached hydrogens (tertiary/aromatic N) is 2. The predicted molar refractivity (Wildman–Crippen MR) is 72.6 cm³/mol. The van der Waals surface area contributed by atoms with Crippen LogP contribution in [0.4, 0.5) is 11.4 Å². The lowest BCUT2D eigenvalue weighted by molar-refractivity contribution is 0.949. The SMILES string of the molecule is Nc1cnc2ccc(N3CCCC3)cc2c1Cl. The first-order chi connectivity index (χ1) is 8.25. The van der Waals surface area contributed by atoms with Crippen molar-refractivity contribution in [2.45, 2.75) is 12.8 Å². The van der Waals surface area contributed by atoms with Gasteiger partial charge in [0.2, 0.25) is 0 Å². The first-order valence-electron chi connectivity index (χ1n) is 5.84. The Morgan fingerprint density at radius 1 is 1.24 bits per heavy atom. The normalized spacial score (nSPS) is 15.7. The van der Waals surface area contributed by atoms with Crippen molar-refractivity contribution in [2.24, 2.45) is 0 Å². The summed E-state index contributed by atoms with van der Waals surface area (Å²) in [7, 11) is 0. The van der Waals surface area contributed by atoms with Gasteiger partial charge < -0.3 is 10.6 Å². The molecule has 1 aliphatic heterocycles. The predicted octanol–water partition coefficient (Wildman–Crippen LogP) is 3.07. The zero-order chi connectivity index (χ0) is 11.8. The first-order valence-corrected chi connectivity index (χ1v) is 6.22. The van der Waals surface area contributed by atoms with Crippen LogP contribution in [-0.4, -0.2) is 18.1 Å². The summed E-state index contributed by atoms with van der Waals surface area (Å²) in [5, 5.41) is 1.55. The lowest BCUT2D eigenvalue weighted by Crippen LogP contribution is -2.17. The second-order valence-corrected chi connectivity index (χ2v) is 4.80. The molecule has 0 atom stereocenters. The molecule has 1 saturated heterocycles. The molecule has 2 heterocycles. The van der Waals surface area contributed by atoms with Crippen LogP contribution in [0, 0.1) is 0 Å². The fourth-order valence-electron chi connectivity index (χ4n) is 2.34. The summed E-state index contributed by atoms with van der Waals surface area (Å²) in [6.07, 6.45) is 4.14. The van der Waals surface area contributed by atoms with Crippen molar-refractivity contribution in [1.29, 1.82) is 0 Å². The van der Waals surface area contributed by atoms with Crippen molar-refractivity contribution < 1.29 is 0 Å². The summed E-state index contributed by atoms with van der Waals surface area (Å²) < 4.78 is 0. The fraction of sp³-hybridized carbons (Fsp3) is 0.308. The summed E-state index contributed by atoms with van der Waals surface area (Å²) >= 11 is 6.22. The number of nitrogens with two attached hydrogens (primary N) is 1. The van der Waals surface area contributed by atoms with Gasteiger partial charge >= 0.3 is 0 Å². The number of pyridine rings is 1. The minimum atomic E-state index is 0.540. The maximum Gasteiger partial charge on any atom is 0.0746 e. The molecule has 0 bridgehead atoms. The molecule has 0 aliphatic carbocycles. The number of hydrogen-bond acceptors (Lipinski definition) is 3. The first kappa shape index (κ1) is 10.7. The number of rotatable bonds is 1. The molecular formula is C13H14ClN3. The second kappa shape index (κ2) is 4.08. The van der Waals surface area contributed by atoms with Gasteiger partial charge in [-0.25, -0.2) is 0 Å². The average molecular weight is 248 g/mol. The molecule has 2 N–H and O–H groups in total. The van der Waals surface area contributed by atoms with Crippen LogP contribution < -0.4 is 10.6 Å². The molecule has 0 amide bonds. The van der Waals surface area contributed by atoms with Crippen LogP contribution in [0.3, 0.4) is 0 Å². The summed E-state index contributed by atoms with van der Waals surface area (Å²) in [5.74, 6) is 0. The van der Waals surface area contributed by atoms with E-state index in [1.54, 1.807) is 6.20 Å². The molecule has 1 fully saturated rings. The van der Waals surface area contributed by atoms with E-state index in [0.717, 1.165) is 24.0 Å². The number of anilines is 2. The Bertz CT molecular complexity index is 562. The van der Waals surface area contributed by atoms with Crippen LogP contribution in [0.5, 0.6) is 0 Å². The van der Waals surface area contributed by atoms with Gasteiger partial charge in [-0.2, -0.15) is 0 Å². The Morgan fingerprint density at radius 2 is 2.00 bits per heavy atom. The number of benzene rings is 1. The largest absolute Gasteiger partial charge is 0.396 e. The molecule has 3 nitrogen and oxygen atoms in total. The molecule has 1 aliphatic rings. The fourth-order valence-corrected chi connectivity index (χ4v) is 2.54. The maximum atomic E-state index is 6.22. The lowest BCUT2D eigenvalue weighted by atomic mass is 10.2. The zero-order valence-electron chi connectivity index (χ0n) is 9.49. The molecular weight excluding hydrogens is 234 g/mol. The third-order valence-electron chi connectivity index (χ3n) is 3.28. The van der Waals surface area contributed by atoms with Crippen LogP contribution in [0.1, 0.15) is 12.8 Å². The topological polar surface area (TPSA) is 42.1 Å². The second-order valence-electron chi connectivity index (χ2n) is 4.42. The maximum absolute atomic E-state index is 6.22. The third-order valence-corrected chi connectivity index (χ3v) is 3.71. The molecule has 2 aromatic rings. The minimum absolute atomic E-state index is 0.540. The van der Waals surface area contributed by atoms with Gasteiger partial charge in [0, 0.05) is 24.2 Å². The summed E-state index contributed by atoms with van der Waals surface area (Å²) in [5.41, 5.74) is 8.43. The van der Waals surface area contributed by atoms with Crippen LogP contribution >= 0.6 is 11.6 Å². The van der Waals surface area contributed by atoms with Gasteiger partial charge in [0.05, 0.1) is 22.4 Å². The van der Waals surface area contributed by atoms with E-state index in [0.29, 0.717) is 10.7 Å². The van der Waals surface area contributed by atoms with E-state index >= 15 is 0 Å². The van der Waals surface area contributed by atoms with Gasteiger partial charge in [0.25, 0.3) is 0 Å². The monoisotopic (exact) mass is 247 g/mol. The van der Waals surface area contributed by atoms with Gasteiger partial charge in [-0.05, 0) is 31.0 Å². The number of hydrogen-bond donors (Lipinski definition) is 1. The van der Waals surface area contributed by atoms with Crippen LogP contribution in [0.15, 0.2) is 24.4 Å². The molecule has 4 heteroatoms. The molecule has 0 spiro atoms. The Kier molecular flexibility index (Phi) is 2.56. The molecule has 1 aromatic heterocycles. The van der Waals surface area contributed by atoms with Crippen molar-refractivity contribution in [3.05, 3.63) is 29.4 Å². The highest BCUT2D eigenvalue weighted by Gasteiger charge is 2.13. The molecule has 17 heavy (non-hydrogen) atoms.